The number of aryl methyl sites for hydroxylation is 3. The number of nitrogens with one attached hydrogen (secondary N) is 1. The Hall–Kier alpha value is -2.82. The van der Waals surface area contributed by atoms with E-state index in [1.54, 1.807) is 26.0 Å². The lowest BCUT2D eigenvalue weighted by Crippen LogP contribution is -2.09. The number of oxazole rings is 1. The molecule has 1 amide bonds. The average Bonchev–Trinajstić information content (AvgIpc) is 2.94. The third-order valence-electron chi connectivity index (χ3n) is 3.96. The Kier molecular flexibility index (Phi) is 4.01. The van der Waals surface area contributed by atoms with E-state index in [-0.39, 0.29) is 11.7 Å². The molecule has 0 aliphatic heterocycles. The molecule has 24 heavy (non-hydrogen) atoms. The van der Waals surface area contributed by atoms with E-state index in [9.17, 15) is 9.90 Å². The van der Waals surface area contributed by atoms with Crippen molar-refractivity contribution in [1.82, 2.24) is 4.98 Å². The number of anilines is 1. The van der Waals surface area contributed by atoms with Gasteiger partial charge in [0, 0.05) is 12.1 Å². The molecule has 2 N–H and O–H groups in total. The number of amides is 1. The van der Waals surface area contributed by atoms with Gasteiger partial charge in [-0.3, -0.25) is 4.79 Å². The number of aromatic hydroxyl groups is 1. The SMILES string of the molecule is CCC(=O)Nc1cc(C)c(O)c(-c2nc3cc(C)cc(C)c3o2)c1. The van der Waals surface area contributed by atoms with Gasteiger partial charge in [-0.1, -0.05) is 13.0 Å². The molecule has 0 saturated heterocycles. The number of nitrogens with zero attached hydrogens (tertiary/aromatic N) is 1. The number of fused-ring (bicyclic) bond motifs is 1. The van der Waals surface area contributed by atoms with Crippen LogP contribution in [0.1, 0.15) is 30.0 Å². The van der Waals surface area contributed by atoms with Gasteiger partial charge in [0.15, 0.2) is 5.58 Å². The Bertz CT molecular complexity index is 941. The van der Waals surface area contributed by atoms with Crippen LogP contribution in [0.5, 0.6) is 5.75 Å². The summed E-state index contributed by atoms with van der Waals surface area (Å²) in [7, 11) is 0. The molecule has 0 atom stereocenters. The second kappa shape index (κ2) is 6.00. The third-order valence-corrected chi connectivity index (χ3v) is 3.96. The number of carbonyl (C=O) groups is 1. The van der Waals surface area contributed by atoms with Gasteiger partial charge in [-0.2, -0.15) is 0 Å². The summed E-state index contributed by atoms with van der Waals surface area (Å²) in [6.45, 7) is 7.53. The molecule has 124 valence electrons. The summed E-state index contributed by atoms with van der Waals surface area (Å²) < 4.78 is 5.88. The Morgan fingerprint density at radius 3 is 2.62 bits per heavy atom. The van der Waals surface area contributed by atoms with Crippen molar-refractivity contribution in [2.45, 2.75) is 34.1 Å². The molecule has 1 heterocycles. The number of hydrogen-bond donors (Lipinski definition) is 2. The minimum atomic E-state index is -0.0879. The smallest absolute Gasteiger partial charge is 0.231 e. The number of hydrogen-bond acceptors (Lipinski definition) is 4. The lowest BCUT2D eigenvalue weighted by atomic mass is 10.1. The number of benzene rings is 2. The zero-order chi connectivity index (χ0) is 17.4. The van der Waals surface area contributed by atoms with Crippen LogP contribution in [0.4, 0.5) is 5.69 Å². The summed E-state index contributed by atoms with van der Waals surface area (Å²) in [5.41, 5.74) is 5.28. The predicted octanol–water partition coefficient (Wildman–Crippen LogP) is 4.47. The molecule has 3 rings (SSSR count). The first-order chi connectivity index (χ1) is 11.4. The quantitative estimate of drug-likeness (QED) is 0.697. The molecule has 3 aromatic rings. The van der Waals surface area contributed by atoms with E-state index in [0.29, 0.717) is 34.7 Å². The molecule has 0 fully saturated rings. The van der Waals surface area contributed by atoms with Crippen LogP contribution in [0.2, 0.25) is 0 Å². The Morgan fingerprint density at radius 1 is 1.17 bits per heavy atom. The number of rotatable bonds is 3. The van der Waals surface area contributed by atoms with E-state index in [1.165, 1.54) is 0 Å². The van der Waals surface area contributed by atoms with Gasteiger partial charge in [0.2, 0.25) is 11.8 Å². The minimum Gasteiger partial charge on any atom is -0.507 e. The van der Waals surface area contributed by atoms with Crippen LogP contribution in [0.3, 0.4) is 0 Å². The summed E-state index contributed by atoms with van der Waals surface area (Å²) in [5, 5.41) is 13.2. The number of aromatic nitrogens is 1. The fourth-order valence-electron chi connectivity index (χ4n) is 2.76. The van der Waals surface area contributed by atoms with E-state index < -0.39 is 0 Å². The van der Waals surface area contributed by atoms with Crippen molar-refractivity contribution < 1.29 is 14.3 Å². The van der Waals surface area contributed by atoms with E-state index in [1.807, 2.05) is 26.0 Å². The Labute approximate surface area is 140 Å². The molecule has 0 spiro atoms. The highest BCUT2D eigenvalue weighted by Gasteiger charge is 2.17. The average molecular weight is 324 g/mol. The van der Waals surface area contributed by atoms with Gasteiger partial charge in [-0.25, -0.2) is 4.98 Å². The zero-order valence-corrected chi connectivity index (χ0v) is 14.2. The van der Waals surface area contributed by atoms with Crippen LogP contribution in [-0.2, 0) is 4.79 Å². The van der Waals surface area contributed by atoms with Gasteiger partial charge < -0.3 is 14.8 Å². The van der Waals surface area contributed by atoms with Gasteiger partial charge >= 0.3 is 0 Å². The predicted molar refractivity (Wildman–Crippen MR) is 94.2 cm³/mol. The molecule has 1 aromatic heterocycles. The van der Waals surface area contributed by atoms with Crippen LogP contribution in [0.15, 0.2) is 28.7 Å². The highest BCUT2D eigenvalue weighted by Crippen LogP contribution is 2.36. The Balaban J connectivity index is 2.14. The van der Waals surface area contributed by atoms with E-state index >= 15 is 0 Å². The summed E-state index contributed by atoms with van der Waals surface area (Å²) in [6, 6.07) is 7.38. The number of phenols is 1. The van der Waals surface area contributed by atoms with Crippen molar-refractivity contribution in [3.63, 3.8) is 0 Å². The molecule has 5 heteroatoms. The minimum absolute atomic E-state index is 0.0879. The molecular weight excluding hydrogens is 304 g/mol. The molecule has 0 aliphatic carbocycles. The fraction of sp³-hybridized carbons (Fsp3) is 0.263. The maximum absolute atomic E-state index is 11.6. The van der Waals surface area contributed by atoms with Crippen molar-refractivity contribution in [2.75, 3.05) is 5.32 Å². The Morgan fingerprint density at radius 2 is 1.92 bits per heavy atom. The molecule has 0 unspecified atom stereocenters. The monoisotopic (exact) mass is 324 g/mol. The molecule has 5 nitrogen and oxygen atoms in total. The van der Waals surface area contributed by atoms with Gasteiger partial charge in [0.1, 0.15) is 11.3 Å². The highest BCUT2D eigenvalue weighted by molar-refractivity contribution is 5.92. The lowest BCUT2D eigenvalue weighted by Gasteiger charge is -2.09. The second-order valence-electron chi connectivity index (χ2n) is 6.04. The summed E-state index contributed by atoms with van der Waals surface area (Å²) in [4.78, 5) is 16.1. The second-order valence-corrected chi connectivity index (χ2v) is 6.04. The number of carbonyl (C=O) groups excluding carboxylic acids is 1. The van der Waals surface area contributed by atoms with Gasteiger partial charge in [-0.05, 0) is 55.7 Å². The normalized spacial score (nSPS) is 11.0. The maximum Gasteiger partial charge on any atom is 0.231 e. The third kappa shape index (κ3) is 2.85. The van der Waals surface area contributed by atoms with E-state index in [4.69, 9.17) is 4.42 Å². The van der Waals surface area contributed by atoms with Crippen LogP contribution in [0, 0.1) is 20.8 Å². The lowest BCUT2D eigenvalue weighted by molar-refractivity contribution is -0.115. The van der Waals surface area contributed by atoms with Crippen LogP contribution in [0.25, 0.3) is 22.6 Å². The number of phenolic OH excluding ortho intramolecular Hbond substituents is 1. The first-order valence-electron chi connectivity index (χ1n) is 7.90. The van der Waals surface area contributed by atoms with Crippen molar-refractivity contribution in [3.8, 4) is 17.2 Å². The standard InChI is InChI=1S/C19H20N2O3/c1-5-16(22)20-13-8-11(3)17(23)14(9-13)19-21-15-7-10(2)6-12(4)18(15)24-19/h6-9,23H,5H2,1-4H3,(H,20,22). The van der Waals surface area contributed by atoms with Gasteiger partial charge in [-0.15, -0.1) is 0 Å². The molecular formula is C19H20N2O3. The van der Waals surface area contributed by atoms with E-state index in [2.05, 4.69) is 10.3 Å². The van der Waals surface area contributed by atoms with Crippen LogP contribution < -0.4 is 5.32 Å². The largest absolute Gasteiger partial charge is 0.507 e. The van der Waals surface area contributed by atoms with Crippen molar-refractivity contribution in [3.05, 3.63) is 41.0 Å². The van der Waals surface area contributed by atoms with Crippen molar-refractivity contribution in [2.24, 2.45) is 0 Å². The topological polar surface area (TPSA) is 75.4 Å². The van der Waals surface area contributed by atoms with Crippen LogP contribution in [-0.4, -0.2) is 16.0 Å². The summed E-state index contributed by atoms with van der Waals surface area (Å²) in [6.07, 6.45) is 0.386. The summed E-state index contributed by atoms with van der Waals surface area (Å²) in [5.74, 6) is 0.354. The molecule has 0 aliphatic rings. The maximum atomic E-state index is 11.6. The van der Waals surface area contributed by atoms with Gasteiger partial charge in [0.25, 0.3) is 0 Å². The first-order valence-corrected chi connectivity index (χ1v) is 7.90. The van der Waals surface area contributed by atoms with Gasteiger partial charge in [0.05, 0.1) is 5.56 Å². The highest BCUT2D eigenvalue weighted by atomic mass is 16.3. The summed E-state index contributed by atoms with van der Waals surface area (Å²) >= 11 is 0. The molecule has 2 aromatic carbocycles. The van der Waals surface area contributed by atoms with Crippen LogP contribution >= 0.6 is 0 Å². The van der Waals surface area contributed by atoms with Crippen molar-refractivity contribution in [1.29, 1.82) is 0 Å². The fourth-order valence-corrected chi connectivity index (χ4v) is 2.76. The molecule has 0 bridgehead atoms. The molecule has 0 radical (unpaired) electrons. The zero-order valence-electron chi connectivity index (χ0n) is 14.2. The van der Waals surface area contributed by atoms with Crippen molar-refractivity contribution >= 4 is 22.7 Å². The first kappa shape index (κ1) is 16.1. The molecule has 0 saturated carbocycles. The van der Waals surface area contributed by atoms with E-state index in [0.717, 1.165) is 16.6 Å².